The maximum absolute atomic E-state index is 4.01. The third-order valence-corrected chi connectivity index (χ3v) is 2.03. The third-order valence-electron chi connectivity index (χ3n) is 2.03. The van der Waals surface area contributed by atoms with Gasteiger partial charge in [-0.3, -0.25) is 0 Å². The second kappa shape index (κ2) is 6.72. The van der Waals surface area contributed by atoms with Crippen LogP contribution in [0.15, 0.2) is 31.4 Å². The quantitative estimate of drug-likeness (QED) is 0.668. The summed E-state index contributed by atoms with van der Waals surface area (Å²) in [7, 11) is 0. The maximum Gasteiger partial charge on any atom is 0.0951 e. The summed E-state index contributed by atoms with van der Waals surface area (Å²) in [6.45, 7) is 6.02. The van der Waals surface area contributed by atoms with Crippen LogP contribution in [0.2, 0.25) is 0 Å². The lowest BCUT2D eigenvalue weighted by atomic mass is 10.1. The number of aromatic nitrogens is 2. The standard InChI is InChI=1S/C10H16N2.ClH/c1-3-5-6-10(4-2)12-8-7-11-9-12;/h4,7-10H,2-3,5-6H2,1H3;1H. The van der Waals surface area contributed by atoms with Crippen molar-refractivity contribution in [3.8, 4) is 0 Å². The first-order valence-corrected chi connectivity index (χ1v) is 4.48. The number of rotatable bonds is 5. The number of hydrogen-bond donors (Lipinski definition) is 0. The van der Waals surface area contributed by atoms with Gasteiger partial charge in [-0.15, -0.1) is 19.0 Å². The summed E-state index contributed by atoms with van der Waals surface area (Å²) in [4.78, 5) is 4.01. The minimum atomic E-state index is 0. The molecule has 0 radical (unpaired) electrons. The third kappa shape index (κ3) is 3.64. The second-order valence-electron chi connectivity index (χ2n) is 2.96. The van der Waals surface area contributed by atoms with E-state index in [0.717, 1.165) is 6.42 Å². The molecule has 0 saturated carbocycles. The van der Waals surface area contributed by atoms with Gasteiger partial charge in [0.1, 0.15) is 0 Å². The molecule has 0 fully saturated rings. The number of hydrogen-bond acceptors (Lipinski definition) is 1. The van der Waals surface area contributed by atoms with Gasteiger partial charge in [0.05, 0.1) is 12.4 Å². The van der Waals surface area contributed by atoms with Crippen LogP contribution in [-0.2, 0) is 0 Å². The van der Waals surface area contributed by atoms with Gasteiger partial charge < -0.3 is 4.57 Å². The van der Waals surface area contributed by atoms with Gasteiger partial charge in [-0.25, -0.2) is 4.98 Å². The van der Waals surface area contributed by atoms with Crippen LogP contribution in [0.25, 0.3) is 0 Å². The highest BCUT2D eigenvalue weighted by molar-refractivity contribution is 5.85. The summed E-state index contributed by atoms with van der Waals surface area (Å²) in [6.07, 6.45) is 11.3. The highest BCUT2D eigenvalue weighted by atomic mass is 35.5. The SMILES string of the molecule is C=CC(CCCC)n1ccnc1.Cl. The lowest BCUT2D eigenvalue weighted by Crippen LogP contribution is -2.03. The van der Waals surface area contributed by atoms with Crippen molar-refractivity contribution < 1.29 is 0 Å². The fourth-order valence-electron chi connectivity index (χ4n) is 1.27. The first kappa shape index (κ1) is 12.2. The van der Waals surface area contributed by atoms with Crippen LogP contribution < -0.4 is 0 Å². The van der Waals surface area contributed by atoms with Crippen molar-refractivity contribution in [3.63, 3.8) is 0 Å². The van der Waals surface area contributed by atoms with E-state index in [9.17, 15) is 0 Å². The Bertz CT molecular complexity index is 219. The highest BCUT2D eigenvalue weighted by Gasteiger charge is 2.03. The zero-order valence-electron chi connectivity index (χ0n) is 8.02. The molecule has 1 atom stereocenters. The zero-order valence-corrected chi connectivity index (χ0v) is 8.83. The molecule has 0 aliphatic carbocycles. The Morgan fingerprint density at radius 3 is 2.85 bits per heavy atom. The largest absolute Gasteiger partial charge is 0.331 e. The number of halogens is 1. The summed E-state index contributed by atoms with van der Waals surface area (Å²) in [6, 6.07) is 0.424. The lowest BCUT2D eigenvalue weighted by molar-refractivity contribution is 0.530. The molecule has 1 rings (SSSR count). The van der Waals surface area contributed by atoms with Crippen LogP contribution in [0.1, 0.15) is 32.2 Å². The Kier molecular flexibility index (Phi) is 6.33. The summed E-state index contributed by atoms with van der Waals surface area (Å²) in [5.74, 6) is 0. The van der Waals surface area contributed by atoms with Crippen LogP contribution in [0.5, 0.6) is 0 Å². The van der Waals surface area contributed by atoms with Crippen LogP contribution in [0, 0.1) is 0 Å². The van der Waals surface area contributed by atoms with E-state index in [4.69, 9.17) is 0 Å². The number of imidazole rings is 1. The van der Waals surface area contributed by atoms with Crippen molar-refractivity contribution in [2.24, 2.45) is 0 Å². The molecule has 0 aromatic carbocycles. The summed E-state index contributed by atoms with van der Waals surface area (Å²) >= 11 is 0. The average Bonchev–Trinajstić information content (AvgIpc) is 2.59. The molecule has 0 saturated heterocycles. The predicted molar refractivity (Wildman–Crippen MR) is 58.2 cm³/mol. The Hall–Kier alpha value is -0.760. The molecule has 0 aliphatic rings. The molecule has 0 spiro atoms. The van der Waals surface area contributed by atoms with Crippen molar-refractivity contribution >= 4 is 12.4 Å². The topological polar surface area (TPSA) is 17.8 Å². The lowest BCUT2D eigenvalue weighted by Gasteiger charge is -2.12. The minimum absolute atomic E-state index is 0. The number of allylic oxidation sites excluding steroid dienone is 1. The number of nitrogens with zero attached hydrogens (tertiary/aromatic N) is 2. The van der Waals surface area contributed by atoms with Crippen molar-refractivity contribution in [1.82, 2.24) is 9.55 Å². The molecule has 3 heteroatoms. The van der Waals surface area contributed by atoms with Gasteiger partial charge in [-0.1, -0.05) is 25.8 Å². The summed E-state index contributed by atoms with van der Waals surface area (Å²) in [5, 5.41) is 0. The fourth-order valence-corrected chi connectivity index (χ4v) is 1.27. The first-order chi connectivity index (χ1) is 5.88. The first-order valence-electron chi connectivity index (χ1n) is 4.48. The maximum atomic E-state index is 4.01. The highest BCUT2D eigenvalue weighted by Crippen LogP contribution is 2.14. The number of unbranched alkanes of at least 4 members (excludes halogenated alkanes) is 1. The minimum Gasteiger partial charge on any atom is -0.331 e. The molecular formula is C10H17ClN2. The predicted octanol–water partition coefficient (Wildman–Crippen LogP) is 3.22. The van der Waals surface area contributed by atoms with E-state index in [1.165, 1.54) is 12.8 Å². The van der Waals surface area contributed by atoms with Crippen LogP contribution in [0.3, 0.4) is 0 Å². The Morgan fingerprint density at radius 2 is 2.38 bits per heavy atom. The van der Waals surface area contributed by atoms with E-state index in [1.54, 1.807) is 0 Å². The van der Waals surface area contributed by atoms with Gasteiger partial charge >= 0.3 is 0 Å². The van der Waals surface area contributed by atoms with Gasteiger partial charge in [0.25, 0.3) is 0 Å². The molecule has 0 N–H and O–H groups in total. The Labute approximate surface area is 86.1 Å². The Morgan fingerprint density at radius 1 is 1.62 bits per heavy atom. The molecule has 0 aliphatic heterocycles. The van der Waals surface area contributed by atoms with Crippen LogP contribution >= 0.6 is 12.4 Å². The van der Waals surface area contributed by atoms with E-state index in [-0.39, 0.29) is 12.4 Å². The van der Waals surface area contributed by atoms with Gasteiger partial charge in [-0.2, -0.15) is 0 Å². The molecule has 1 heterocycles. The zero-order chi connectivity index (χ0) is 8.81. The van der Waals surface area contributed by atoms with Crippen molar-refractivity contribution in [1.29, 1.82) is 0 Å². The molecule has 0 bridgehead atoms. The molecule has 0 amide bonds. The molecule has 1 unspecified atom stereocenters. The smallest absolute Gasteiger partial charge is 0.0951 e. The Balaban J connectivity index is 0.00000144. The van der Waals surface area contributed by atoms with Gasteiger partial charge in [0, 0.05) is 12.4 Å². The average molecular weight is 201 g/mol. The van der Waals surface area contributed by atoms with E-state index in [0.29, 0.717) is 6.04 Å². The van der Waals surface area contributed by atoms with Gasteiger partial charge in [-0.05, 0) is 6.42 Å². The molecule has 1 aromatic heterocycles. The van der Waals surface area contributed by atoms with E-state index < -0.39 is 0 Å². The molecule has 74 valence electrons. The van der Waals surface area contributed by atoms with Crippen LogP contribution in [-0.4, -0.2) is 9.55 Å². The van der Waals surface area contributed by atoms with Crippen LogP contribution in [0.4, 0.5) is 0 Å². The van der Waals surface area contributed by atoms with Crippen molar-refractivity contribution in [2.75, 3.05) is 0 Å². The molecular weight excluding hydrogens is 184 g/mol. The molecule has 2 nitrogen and oxygen atoms in total. The normalized spacial score (nSPS) is 11.8. The van der Waals surface area contributed by atoms with Gasteiger partial charge in [0.15, 0.2) is 0 Å². The summed E-state index contributed by atoms with van der Waals surface area (Å²) in [5.41, 5.74) is 0. The molecule has 1 aromatic rings. The van der Waals surface area contributed by atoms with E-state index >= 15 is 0 Å². The van der Waals surface area contributed by atoms with Gasteiger partial charge in [0.2, 0.25) is 0 Å². The monoisotopic (exact) mass is 200 g/mol. The van der Waals surface area contributed by atoms with Crippen molar-refractivity contribution in [3.05, 3.63) is 31.4 Å². The second-order valence-corrected chi connectivity index (χ2v) is 2.96. The van der Waals surface area contributed by atoms with E-state index in [2.05, 4.69) is 23.1 Å². The van der Waals surface area contributed by atoms with Crippen molar-refractivity contribution in [2.45, 2.75) is 32.2 Å². The fraction of sp³-hybridized carbons (Fsp3) is 0.500. The molecule has 13 heavy (non-hydrogen) atoms. The van der Waals surface area contributed by atoms with E-state index in [1.807, 2.05) is 24.8 Å². The summed E-state index contributed by atoms with van der Waals surface area (Å²) < 4.78 is 2.10.